The average molecular weight is 505 g/mol. The molecule has 0 aliphatic rings. The van der Waals surface area contributed by atoms with Gasteiger partial charge in [0, 0.05) is 25.2 Å². The minimum Gasteiger partial charge on any atom is -0.505 e. The van der Waals surface area contributed by atoms with Crippen molar-refractivity contribution < 1.29 is 28.2 Å². The normalized spacial score (nSPS) is 12.3. The van der Waals surface area contributed by atoms with Crippen LogP contribution in [-0.4, -0.2) is 47.7 Å². The Morgan fingerprint density at radius 3 is 2.50 bits per heavy atom. The molecular formula is C26H34F2N4O4. The molecule has 0 bridgehead atoms. The van der Waals surface area contributed by atoms with E-state index in [9.17, 15) is 23.5 Å². The largest absolute Gasteiger partial charge is 0.505 e. The third kappa shape index (κ3) is 8.21. The van der Waals surface area contributed by atoms with Gasteiger partial charge in [-0.25, -0.2) is 23.4 Å². The van der Waals surface area contributed by atoms with Gasteiger partial charge in [0.05, 0.1) is 11.7 Å². The van der Waals surface area contributed by atoms with Crippen molar-refractivity contribution in [3.63, 3.8) is 0 Å². The van der Waals surface area contributed by atoms with Crippen molar-refractivity contribution in [2.45, 2.75) is 53.6 Å². The first-order valence-corrected chi connectivity index (χ1v) is 11.6. The number of urea groups is 1. The molecule has 196 valence electrons. The van der Waals surface area contributed by atoms with Crippen LogP contribution in [0.15, 0.2) is 35.3 Å². The van der Waals surface area contributed by atoms with Crippen LogP contribution in [0.5, 0.6) is 5.75 Å². The second kappa shape index (κ2) is 12.9. The van der Waals surface area contributed by atoms with Gasteiger partial charge in [0.15, 0.2) is 11.6 Å². The quantitative estimate of drug-likeness (QED) is 0.334. The van der Waals surface area contributed by atoms with E-state index >= 15 is 0 Å². The topological polar surface area (TPSA) is 103 Å². The summed E-state index contributed by atoms with van der Waals surface area (Å²) in [6.07, 6.45) is -0.203. The maximum Gasteiger partial charge on any atom is 0.412 e. The number of likely N-dealkylation sites (N-methyl/N-ethyl adjacent to an activating group) is 1. The van der Waals surface area contributed by atoms with Gasteiger partial charge in [-0.2, -0.15) is 0 Å². The van der Waals surface area contributed by atoms with Gasteiger partial charge in [0.2, 0.25) is 0 Å². The molecule has 0 spiro atoms. The summed E-state index contributed by atoms with van der Waals surface area (Å²) in [6.45, 7) is 8.82. The van der Waals surface area contributed by atoms with E-state index < -0.39 is 29.7 Å². The molecule has 0 aliphatic carbocycles. The van der Waals surface area contributed by atoms with Crippen molar-refractivity contribution in [2.75, 3.05) is 13.7 Å². The van der Waals surface area contributed by atoms with Crippen molar-refractivity contribution in [3.8, 4) is 5.75 Å². The Hall–Kier alpha value is -3.69. The summed E-state index contributed by atoms with van der Waals surface area (Å²) in [5.41, 5.74) is 1.91. The summed E-state index contributed by atoms with van der Waals surface area (Å²) in [6, 6.07) is 6.14. The van der Waals surface area contributed by atoms with E-state index in [4.69, 9.17) is 4.74 Å². The lowest BCUT2D eigenvalue weighted by molar-refractivity contribution is 0.103. The van der Waals surface area contributed by atoms with Crippen LogP contribution in [-0.2, 0) is 11.3 Å². The van der Waals surface area contributed by atoms with Gasteiger partial charge in [0.25, 0.3) is 0 Å². The number of carbonyl (C=O) groups is 2. The third-order valence-electron chi connectivity index (χ3n) is 5.57. The molecule has 10 heteroatoms. The lowest BCUT2D eigenvalue weighted by Crippen LogP contribution is -2.46. The number of para-hydroxylation sites is 1. The number of benzene rings is 2. The van der Waals surface area contributed by atoms with Gasteiger partial charge in [-0.05, 0) is 50.3 Å². The Kier molecular flexibility index (Phi) is 10.2. The van der Waals surface area contributed by atoms with Crippen LogP contribution in [0.2, 0.25) is 0 Å². The monoisotopic (exact) mass is 504 g/mol. The first kappa shape index (κ1) is 28.5. The van der Waals surface area contributed by atoms with Gasteiger partial charge in [0.1, 0.15) is 18.3 Å². The molecular weight excluding hydrogens is 470 g/mol. The number of nitrogens with one attached hydrogen (secondary N) is 2. The number of aromatic hydroxyl groups is 1. The number of ether oxygens (including phenoxy) is 1. The zero-order valence-corrected chi connectivity index (χ0v) is 21.5. The number of rotatable bonds is 8. The summed E-state index contributed by atoms with van der Waals surface area (Å²) in [5, 5.41) is 14.9. The second-order valence-electron chi connectivity index (χ2n) is 9.11. The number of aliphatic imine (C=N–C) groups is 1. The van der Waals surface area contributed by atoms with Gasteiger partial charge < -0.3 is 20.1 Å². The molecule has 0 radical (unpaired) electrons. The maximum absolute atomic E-state index is 13.9. The molecule has 8 nitrogen and oxygen atoms in total. The fourth-order valence-electron chi connectivity index (χ4n) is 3.55. The van der Waals surface area contributed by atoms with Gasteiger partial charge in [-0.15, -0.1) is 0 Å². The Balaban J connectivity index is 1.97. The highest BCUT2D eigenvalue weighted by molar-refractivity contribution is 5.95. The minimum absolute atomic E-state index is 0.0722. The van der Waals surface area contributed by atoms with Crippen LogP contribution < -0.4 is 10.6 Å². The number of amidine groups is 1. The zero-order chi connectivity index (χ0) is 27.0. The average Bonchev–Trinajstić information content (AvgIpc) is 2.80. The molecule has 0 saturated heterocycles. The summed E-state index contributed by atoms with van der Waals surface area (Å²) in [5.74, 6) is -1.24. The number of carbonyl (C=O) groups excluding carboxylic acids is 2. The molecule has 36 heavy (non-hydrogen) atoms. The van der Waals surface area contributed by atoms with E-state index in [1.54, 1.807) is 33.9 Å². The number of amides is 3. The number of nitrogens with zero attached hydrogens (tertiary/aromatic N) is 2. The SMILES string of the molecule is CC(=Nc1cc(F)c(C)cc1C)NC(=O)OC[C@H](CC(C)C)N(C)C(=O)NCc1cccc(F)c1O. The molecule has 0 unspecified atom stereocenters. The van der Waals surface area contributed by atoms with Crippen LogP contribution >= 0.6 is 0 Å². The first-order valence-electron chi connectivity index (χ1n) is 11.6. The van der Waals surface area contributed by atoms with Crippen LogP contribution in [0.4, 0.5) is 24.1 Å². The maximum atomic E-state index is 13.9. The predicted molar refractivity (Wildman–Crippen MR) is 134 cm³/mol. The number of phenols is 1. The molecule has 2 aromatic carbocycles. The molecule has 0 aromatic heterocycles. The summed E-state index contributed by atoms with van der Waals surface area (Å²) in [7, 11) is 1.57. The zero-order valence-electron chi connectivity index (χ0n) is 21.5. The Bertz CT molecular complexity index is 1120. The Morgan fingerprint density at radius 1 is 1.14 bits per heavy atom. The van der Waals surface area contributed by atoms with Crippen molar-refractivity contribution in [2.24, 2.45) is 10.9 Å². The van der Waals surface area contributed by atoms with Crippen LogP contribution in [0.1, 0.15) is 43.9 Å². The van der Waals surface area contributed by atoms with E-state index in [0.717, 1.165) is 11.6 Å². The highest BCUT2D eigenvalue weighted by Gasteiger charge is 2.23. The van der Waals surface area contributed by atoms with E-state index in [1.165, 1.54) is 23.1 Å². The fourth-order valence-corrected chi connectivity index (χ4v) is 3.55. The standard InChI is InChI=1S/C26H34F2N4O4/c1-15(2)10-20(32(6)25(34)29-13-19-8-7-9-21(27)24(19)33)14-36-26(35)31-18(5)30-23-12-22(28)16(3)11-17(23)4/h7-9,11-12,15,20,33H,10,13-14H2,1-6H3,(H,29,34)(H,30,31,35)/t20-/m0/s1. The highest BCUT2D eigenvalue weighted by Crippen LogP contribution is 2.23. The third-order valence-corrected chi connectivity index (χ3v) is 5.57. The van der Waals surface area contributed by atoms with Gasteiger partial charge >= 0.3 is 12.1 Å². The predicted octanol–water partition coefficient (Wildman–Crippen LogP) is 5.32. The molecule has 2 aromatic rings. The number of alkyl carbamates (subject to hydrolysis) is 1. The van der Waals surface area contributed by atoms with Crippen molar-refractivity contribution >= 4 is 23.6 Å². The minimum atomic E-state index is -0.770. The smallest absolute Gasteiger partial charge is 0.412 e. The lowest BCUT2D eigenvalue weighted by Gasteiger charge is -2.29. The van der Waals surface area contributed by atoms with E-state index in [0.29, 0.717) is 17.7 Å². The Labute approximate surface area is 210 Å². The number of hydrogen-bond acceptors (Lipinski definition) is 5. The van der Waals surface area contributed by atoms with Crippen molar-refractivity contribution in [1.29, 1.82) is 0 Å². The molecule has 3 N–H and O–H groups in total. The van der Waals surface area contributed by atoms with Crippen LogP contribution in [0.3, 0.4) is 0 Å². The molecule has 0 saturated carbocycles. The van der Waals surface area contributed by atoms with Crippen molar-refractivity contribution in [3.05, 3.63) is 58.7 Å². The molecule has 0 fully saturated rings. The second-order valence-corrected chi connectivity index (χ2v) is 9.11. The van der Waals surface area contributed by atoms with E-state index in [-0.39, 0.29) is 36.3 Å². The number of aryl methyl sites for hydroxylation is 2. The number of hydrogen-bond donors (Lipinski definition) is 3. The van der Waals surface area contributed by atoms with Crippen LogP contribution in [0.25, 0.3) is 0 Å². The summed E-state index contributed by atoms with van der Waals surface area (Å²) < 4.78 is 32.7. The van der Waals surface area contributed by atoms with E-state index in [2.05, 4.69) is 15.6 Å². The molecule has 2 rings (SSSR count). The van der Waals surface area contributed by atoms with E-state index in [1.807, 2.05) is 13.8 Å². The first-order chi connectivity index (χ1) is 16.9. The van der Waals surface area contributed by atoms with Crippen LogP contribution in [0, 0.1) is 31.4 Å². The Morgan fingerprint density at radius 2 is 1.83 bits per heavy atom. The number of halogens is 2. The summed E-state index contributed by atoms with van der Waals surface area (Å²) >= 11 is 0. The fraction of sp³-hybridized carbons (Fsp3) is 0.423. The van der Waals surface area contributed by atoms with Gasteiger partial charge in [-0.1, -0.05) is 32.0 Å². The highest BCUT2D eigenvalue weighted by atomic mass is 19.1. The van der Waals surface area contributed by atoms with Gasteiger partial charge in [-0.3, -0.25) is 5.32 Å². The molecule has 0 aliphatic heterocycles. The summed E-state index contributed by atoms with van der Waals surface area (Å²) in [4.78, 5) is 30.7. The number of phenolic OH excluding ortho intramolecular Hbond substituents is 1. The van der Waals surface area contributed by atoms with Crippen molar-refractivity contribution in [1.82, 2.24) is 15.5 Å². The lowest BCUT2D eigenvalue weighted by atomic mass is 10.0. The molecule has 0 heterocycles. The molecule has 1 atom stereocenters. The molecule has 3 amide bonds.